The monoisotopic (exact) mass is 322 g/mol. The van der Waals surface area contributed by atoms with Crippen LogP contribution in [0.15, 0.2) is 41.3 Å². The van der Waals surface area contributed by atoms with Crippen molar-refractivity contribution in [3.05, 3.63) is 52.5 Å². The SMILES string of the molecule is Cc1cc(S(=O)(=O)Nc2ccc(Cl)cc2O)ccc1C#N. The van der Waals surface area contributed by atoms with Crippen LogP contribution < -0.4 is 4.72 Å². The Hall–Kier alpha value is -2.23. The summed E-state index contributed by atoms with van der Waals surface area (Å²) in [5.41, 5.74) is 0.991. The van der Waals surface area contributed by atoms with Gasteiger partial charge in [0.2, 0.25) is 0 Å². The molecule has 0 saturated carbocycles. The molecular weight excluding hydrogens is 312 g/mol. The van der Waals surface area contributed by atoms with Gasteiger partial charge < -0.3 is 5.11 Å². The largest absolute Gasteiger partial charge is 0.506 e. The van der Waals surface area contributed by atoms with E-state index >= 15 is 0 Å². The highest BCUT2D eigenvalue weighted by atomic mass is 35.5. The molecule has 2 N–H and O–H groups in total. The van der Waals surface area contributed by atoms with Gasteiger partial charge in [0.05, 0.1) is 22.2 Å². The summed E-state index contributed by atoms with van der Waals surface area (Å²) in [6.07, 6.45) is 0. The van der Waals surface area contributed by atoms with E-state index in [9.17, 15) is 13.5 Å². The average molecular weight is 323 g/mol. The van der Waals surface area contributed by atoms with Crippen LogP contribution in [0.2, 0.25) is 5.02 Å². The van der Waals surface area contributed by atoms with Gasteiger partial charge in [0.1, 0.15) is 5.75 Å². The predicted octanol–water partition coefficient (Wildman–Crippen LogP) is 3.03. The lowest BCUT2D eigenvalue weighted by atomic mass is 10.1. The molecule has 0 unspecified atom stereocenters. The van der Waals surface area contributed by atoms with Crippen LogP contribution in [0.3, 0.4) is 0 Å². The number of nitriles is 1. The lowest BCUT2D eigenvalue weighted by Crippen LogP contribution is -2.13. The third kappa shape index (κ3) is 3.27. The molecule has 0 radical (unpaired) electrons. The van der Waals surface area contributed by atoms with Crippen LogP contribution in [0.1, 0.15) is 11.1 Å². The molecule has 0 heterocycles. The Labute approximate surface area is 127 Å². The van der Waals surface area contributed by atoms with Crippen molar-refractivity contribution in [2.24, 2.45) is 0 Å². The van der Waals surface area contributed by atoms with Gasteiger partial charge in [-0.1, -0.05) is 11.6 Å². The molecular formula is C14H11ClN2O3S. The van der Waals surface area contributed by atoms with E-state index in [-0.39, 0.29) is 16.3 Å². The number of rotatable bonds is 3. The highest BCUT2D eigenvalue weighted by Gasteiger charge is 2.17. The molecule has 5 nitrogen and oxygen atoms in total. The van der Waals surface area contributed by atoms with Crippen molar-refractivity contribution in [3.63, 3.8) is 0 Å². The fourth-order valence-electron chi connectivity index (χ4n) is 1.72. The number of anilines is 1. The van der Waals surface area contributed by atoms with Crippen LogP contribution in [0, 0.1) is 18.3 Å². The number of benzene rings is 2. The third-order valence-electron chi connectivity index (χ3n) is 2.83. The van der Waals surface area contributed by atoms with Gasteiger partial charge in [-0.2, -0.15) is 5.26 Å². The van der Waals surface area contributed by atoms with Gasteiger partial charge in [0.15, 0.2) is 0 Å². The van der Waals surface area contributed by atoms with Crippen LogP contribution in [-0.2, 0) is 10.0 Å². The van der Waals surface area contributed by atoms with E-state index in [1.54, 1.807) is 6.92 Å². The number of sulfonamides is 1. The number of aryl methyl sites for hydroxylation is 1. The second-order valence-corrected chi connectivity index (χ2v) is 6.47. The summed E-state index contributed by atoms with van der Waals surface area (Å²) >= 11 is 5.69. The predicted molar refractivity (Wildman–Crippen MR) is 79.8 cm³/mol. The number of phenols is 1. The minimum Gasteiger partial charge on any atom is -0.506 e. The summed E-state index contributed by atoms with van der Waals surface area (Å²) in [5, 5.41) is 18.8. The maximum Gasteiger partial charge on any atom is 0.262 e. The second-order valence-electron chi connectivity index (χ2n) is 4.36. The molecule has 0 bridgehead atoms. The zero-order chi connectivity index (χ0) is 15.6. The summed E-state index contributed by atoms with van der Waals surface area (Å²) in [6, 6.07) is 10.2. The molecule has 0 spiro atoms. The first kappa shape index (κ1) is 15.2. The first-order chi connectivity index (χ1) is 9.83. The van der Waals surface area contributed by atoms with Crippen LogP contribution in [-0.4, -0.2) is 13.5 Å². The van der Waals surface area contributed by atoms with Crippen molar-refractivity contribution < 1.29 is 13.5 Å². The number of nitrogens with one attached hydrogen (secondary N) is 1. The third-order valence-corrected chi connectivity index (χ3v) is 4.43. The summed E-state index contributed by atoms with van der Waals surface area (Å²) in [4.78, 5) is 0.00773. The summed E-state index contributed by atoms with van der Waals surface area (Å²) in [6.45, 7) is 1.65. The Morgan fingerprint density at radius 3 is 2.52 bits per heavy atom. The van der Waals surface area contributed by atoms with Crippen LogP contribution in [0.25, 0.3) is 0 Å². The summed E-state index contributed by atoms with van der Waals surface area (Å²) < 4.78 is 26.8. The highest BCUT2D eigenvalue weighted by molar-refractivity contribution is 7.92. The maximum atomic E-state index is 12.3. The normalized spacial score (nSPS) is 10.9. The smallest absolute Gasteiger partial charge is 0.262 e. The van der Waals surface area contributed by atoms with E-state index < -0.39 is 10.0 Å². The van der Waals surface area contributed by atoms with Gasteiger partial charge in [-0.25, -0.2) is 8.42 Å². The molecule has 21 heavy (non-hydrogen) atoms. The van der Waals surface area contributed by atoms with Crippen LogP contribution in [0.4, 0.5) is 5.69 Å². The Kier molecular flexibility index (Phi) is 4.07. The fraction of sp³-hybridized carbons (Fsp3) is 0.0714. The van der Waals surface area contributed by atoms with Crippen molar-refractivity contribution in [2.45, 2.75) is 11.8 Å². The van der Waals surface area contributed by atoms with Gasteiger partial charge in [0.25, 0.3) is 10.0 Å². The minimum atomic E-state index is -3.86. The van der Waals surface area contributed by atoms with Crippen molar-refractivity contribution in [1.82, 2.24) is 0 Å². The minimum absolute atomic E-state index is 0.00773. The maximum absolute atomic E-state index is 12.3. The van der Waals surface area contributed by atoms with Gasteiger partial charge in [0, 0.05) is 11.1 Å². The van der Waals surface area contributed by atoms with Crippen molar-refractivity contribution in [1.29, 1.82) is 5.26 Å². The average Bonchev–Trinajstić information content (AvgIpc) is 2.42. The molecule has 2 aromatic carbocycles. The molecule has 0 atom stereocenters. The lowest BCUT2D eigenvalue weighted by molar-refractivity contribution is 0.477. The number of hydrogen-bond donors (Lipinski definition) is 2. The molecule has 0 aliphatic carbocycles. The molecule has 0 aliphatic heterocycles. The standard InChI is InChI=1S/C14H11ClN2O3S/c1-9-6-12(4-2-10(9)8-16)21(19,20)17-13-5-3-11(15)7-14(13)18/h2-7,17-18H,1H3. The molecule has 7 heteroatoms. The van der Waals surface area contributed by atoms with E-state index in [4.69, 9.17) is 16.9 Å². The van der Waals surface area contributed by atoms with Crippen LogP contribution in [0.5, 0.6) is 5.75 Å². The molecule has 108 valence electrons. The molecule has 2 aromatic rings. The second kappa shape index (κ2) is 5.64. The van der Waals surface area contributed by atoms with E-state index in [0.29, 0.717) is 16.1 Å². The zero-order valence-corrected chi connectivity index (χ0v) is 12.5. The molecule has 0 aliphatic rings. The Bertz CT molecular complexity index is 842. The van der Waals surface area contributed by atoms with Crippen molar-refractivity contribution >= 4 is 27.3 Å². The topological polar surface area (TPSA) is 90.2 Å². The van der Waals surface area contributed by atoms with Crippen molar-refractivity contribution in [2.75, 3.05) is 4.72 Å². The van der Waals surface area contributed by atoms with Gasteiger partial charge >= 0.3 is 0 Å². The zero-order valence-electron chi connectivity index (χ0n) is 11.0. The summed E-state index contributed by atoms with van der Waals surface area (Å²) in [5.74, 6) is -0.267. The quantitative estimate of drug-likeness (QED) is 0.850. The molecule has 0 aromatic heterocycles. The van der Waals surface area contributed by atoms with E-state index in [2.05, 4.69) is 4.72 Å². The Morgan fingerprint density at radius 1 is 1.24 bits per heavy atom. The van der Waals surface area contributed by atoms with Gasteiger partial charge in [-0.3, -0.25) is 4.72 Å². The van der Waals surface area contributed by atoms with E-state index in [1.165, 1.54) is 36.4 Å². The van der Waals surface area contributed by atoms with E-state index in [0.717, 1.165) is 0 Å². The Morgan fingerprint density at radius 2 is 1.95 bits per heavy atom. The van der Waals surface area contributed by atoms with Gasteiger partial charge in [-0.05, 0) is 42.8 Å². The fourth-order valence-corrected chi connectivity index (χ4v) is 3.05. The number of nitrogens with zero attached hydrogens (tertiary/aromatic N) is 1. The highest BCUT2D eigenvalue weighted by Crippen LogP contribution is 2.29. The molecule has 2 rings (SSSR count). The first-order valence-electron chi connectivity index (χ1n) is 5.85. The number of aromatic hydroxyl groups is 1. The molecule has 0 saturated heterocycles. The lowest BCUT2D eigenvalue weighted by Gasteiger charge is -2.10. The number of phenolic OH excluding ortho intramolecular Hbond substituents is 1. The Balaban J connectivity index is 2.39. The van der Waals surface area contributed by atoms with E-state index in [1.807, 2.05) is 6.07 Å². The summed E-state index contributed by atoms with van der Waals surface area (Å²) in [7, 11) is -3.86. The number of halogens is 1. The first-order valence-corrected chi connectivity index (χ1v) is 7.71. The number of hydrogen-bond acceptors (Lipinski definition) is 4. The van der Waals surface area contributed by atoms with Crippen molar-refractivity contribution in [3.8, 4) is 11.8 Å². The van der Waals surface area contributed by atoms with Gasteiger partial charge in [-0.15, -0.1) is 0 Å². The van der Waals surface area contributed by atoms with Crippen LogP contribution >= 0.6 is 11.6 Å². The molecule has 0 fully saturated rings. The molecule has 0 amide bonds.